The summed E-state index contributed by atoms with van der Waals surface area (Å²) in [6.45, 7) is 1.99. The van der Waals surface area contributed by atoms with Crippen LogP contribution in [0, 0.1) is 5.82 Å². The van der Waals surface area contributed by atoms with Gasteiger partial charge in [-0.2, -0.15) is 0 Å². The van der Waals surface area contributed by atoms with E-state index in [2.05, 4.69) is 20.9 Å². The minimum absolute atomic E-state index is 0.0848. The monoisotopic (exact) mass is 324 g/mol. The van der Waals surface area contributed by atoms with Crippen molar-refractivity contribution in [1.82, 2.24) is 4.98 Å². The number of hydrogen-bond donors (Lipinski definition) is 1. The first-order chi connectivity index (χ1) is 9.10. The SMILES string of the molecule is CCC(N)c1ccc(Oc2ccc(Br)cc2F)cn1. The average Bonchev–Trinajstić information content (AvgIpc) is 2.42. The summed E-state index contributed by atoms with van der Waals surface area (Å²) >= 11 is 3.19. The number of pyridine rings is 1. The Morgan fingerprint density at radius 1 is 1.37 bits per heavy atom. The molecule has 19 heavy (non-hydrogen) atoms. The van der Waals surface area contributed by atoms with Crippen LogP contribution in [0.5, 0.6) is 11.5 Å². The van der Waals surface area contributed by atoms with Crippen LogP contribution >= 0.6 is 15.9 Å². The lowest BCUT2D eigenvalue weighted by Crippen LogP contribution is -2.10. The molecule has 2 aromatic rings. The Morgan fingerprint density at radius 2 is 2.16 bits per heavy atom. The van der Waals surface area contributed by atoms with Crippen molar-refractivity contribution in [2.24, 2.45) is 5.73 Å². The van der Waals surface area contributed by atoms with E-state index in [1.165, 1.54) is 6.07 Å². The molecule has 1 unspecified atom stereocenters. The maximum Gasteiger partial charge on any atom is 0.166 e. The lowest BCUT2D eigenvalue weighted by atomic mass is 10.1. The lowest BCUT2D eigenvalue weighted by molar-refractivity contribution is 0.439. The van der Waals surface area contributed by atoms with E-state index in [0.717, 1.165) is 12.1 Å². The fraction of sp³-hybridized carbons (Fsp3) is 0.214. The minimum Gasteiger partial charge on any atom is -0.453 e. The molecule has 0 amide bonds. The third-order valence-electron chi connectivity index (χ3n) is 2.70. The number of ether oxygens (including phenoxy) is 1. The van der Waals surface area contributed by atoms with E-state index in [0.29, 0.717) is 10.2 Å². The topological polar surface area (TPSA) is 48.1 Å². The molecule has 0 bridgehead atoms. The molecular weight excluding hydrogens is 311 g/mol. The van der Waals surface area contributed by atoms with E-state index in [9.17, 15) is 4.39 Å². The summed E-state index contributed by atoms with van der Waals surface area (Å²) in [7, 11) is 0. The zero-order valence-corrected chi connectivity index (χ0v) is 12.0. The largest absolute Gasteiger partial charge is 0.453 e. The summed E-state index contributed by atoms with van der Waals surface area (Å²) < 4.78 is 19.7. The molecule has 0 aliphatic carbocycles. The standard InChI is InChI=1S/C14H14BrFN2O/c1-2-12(17)13-5-4-10(8-18-13)19-14-6-3-9(15)7-11(14)16/h3-8,12H,2,17H2,1H3. The Morgan fingerprint density at radius 3 is 2.74 bits per heavy atom. The van der Waals surface area contributed by atoms with Gasteiger partial charge in [0.25, 0.3) is 0 Å². The Bertz CT molecular complexity index is 560. The highest BCUT2D eigenvalue weighted by atomic mass is 79.9. The van der Waals surface area contributed by atoms with Crippen molar-refractivity contribution in [3.05, 3.63) is 52.5 Å². The van der Waals surface area contributed by atoms with Crippen molar-refractivity contribution in [2.45, 2.75) is 19.4 Å². The molecule has 1 atom stereocenters. The highest BCUT2D eigenvalue weighted by Gasteiger charge is 2.08. The maximum atomic E-state index is 13.6. The third-order valence-corrected chi connectivity index (χ3v) is 3.19. The molecule has 1 aromatic heterocycles. The molecule has 2 N–H and O–H groups in total. The molecule has 2 rings (SSSR count). The van der Waals surface area contributed by atoms with Crippen LogP contribution in [0.15, 0.2) is 41.0 Å². The number of hydrogen-bond acceptors (Lipinski definition) is 3. The van der Waals surface area contributed by atoms with E-state index in [4.69, 9.17) is 10.5 Å². The zero-order chi connectivity index (χ0) is 13.8. The van der Waals surface area contributed by atoms with Gasteiger partial charge in [0, 0.05) is 10.5 Å². The summed E-state index contributed by atoms with van der Waals surface area (Å²) in [5.41, 5.74) is 6.67. The molecule has 0 fully saturated rings. The van der Waals surface area contributed by atoms with Crippen molar-refractivity contribution in [3.63, 3.8) is 0 Å². The van der Waals surface area contributed by atoms with Gasteiger partial charge in [0.1, 0.15) is 5.75 Å². The molecule has 0 spiro atoms. The Kier molecular flexibility index (Phi) is 4.50. The summed E-state index contributed by atoms with van der Waals surface area (Å²) in [6.07, 6.45) is 2.36. The van der Waals surface area contributed by atoms with E-state index >= 15 is 0 Å². The molecule has 5 heteroatoms. The fourth-order valence-electron chi connectivity index (χ4n) is 1.57. The first-order valence-corrected chi connectivity index (χ1v) is 6.74. The van der Waals surface area contributed by atoms with Crippen LogP contribution in [-0.2, 0) is 0 Å². The number of benzene rings is 1. The van der Waals surface area contributed by atoms with Gasteiger partial charge in [0.15, 0.2) is 11.6 Å². The van der Waals surface area contributed by atoms with Crippen LogP contribution in [0.4, 0.5) is 4.39 Å². The molecule has 0 aliphatic rings. The van der Waals surface area contributed by atoms with E-state index < -0.39 is 5.82 Å². The van der Waals surface area contributed by atoms with Gasteiger partial charge in [-0.3, -0.25) is 4.98 Å². The van der Waals surface area contributed by atoms with E-state index in [1.807, 2.05) is 6.92 Å². The Labute approximate surface area is 119 Å². The van der Waals surface area contributed by atoms with E-state index in [1.54, 1.807) is 30.5 Å². The number of aromatic nitrogens is 1. The number of nitrogens with zero attached hydrogens (tertiary/aromatic N) is 1. The highest BCUT2D eigenvalue weighted by molar-refractivity contribution is 9.10. The quantitative estimate of drug-likeness (QED) is 0.917. The smallest absolute Gasteiger partial charge is 0.166 e. The summed E-state index contributed by atoms with van der Waals surface area (Å²) in [5, 5.41) is 0. The molecular formula is C14H14BrFN2O. The molecule has 1 heterocycles. The molecule has 0 radical (unpaired) electrons. The molecule has 100 valence electrons. The second-order valence-electron chi connectivity index (χ2n) is 4.11. The number of rotatable bonds is 4. The van der Waals surface area contributed by atoms with Gasteiger partial charge in [-0.25, -0.2) is 4.39 Å². The maximum absolute atomic E-state index is 13.6. The predicted octanol–water partition coefficient (Wildman–Crippen LogP) is 4.19. The number of nitrogens with two attached hydrogens (primary N) is 1. The van der Waals surface area contributed by atoms with Crippen LogP contribution in [0.1, 0.15) is 25.1 Å². The van der Waals surface area contributed by atoms with Gasteiger partial charge in [0.2, 0.25) is 0 Å². The normalized spacial score (nSPS) is 12.2. The Hall–Kier alpha value is -1.46. The van der Waals surface area contributed by atoms with Crippen molar-refractivity contribution in [2.75, 3.05) is 0 Å². The molecule has 0 aliphatic heterocycles. The number of halogens is 2. The van der Waals surface area contributed by atoms with Gasteiger partial charge in [-0.15, -0.1) is 0 Å². The van der Waals surface area contributed by atoms with E-state index in [-0.39, 0.29) is 11.8 Å². The van der Waals surface area contributed by atoms with Crippen LogP contribution in [-0.4, -0.2) is 4.98 Å². The molecule has 3 nitrogen and oxygen atoms in total. The molecule has 0 saturated heterocycles. The second-order valence-corrected chi connectivity index (χ2v) is 5.03. The van der Waals surface area contributed by atoms with Crippen molar-refractivity contribution in [1.29, 1.82) is 0 Å². The lowest BCUT2D eigenvalue weighted by Gasteiger charge is -2.10. The fourth-order valence-corrected chi connectivity index (χ4v) is 1.90. The first-order valence-electron chi connectivity index (χ1n) is 5.94. The highest BCUT2D eigenvalue weighted by Crippen LogP contribution is 2.26. The second kappa shape index (κ2) is 6.12. The van der Waals surface area contributed by atoms with Crippen LogP contribution in [0.3, 0.4) is 0 Å². The molecule has 1 aromatic carbocycles. The van der Waals surface area contributed by atoms with Crippen molar-refractivity contribution >= 4 is 15.9 Å². The van der Waals surface area contributed by atoms with Gasteiger partial charge >= 0.3 is 0 Å². The zero-order valence-electron chi connectivity index (χ0n) is 10.4. The Balaban J connectivity index is 2.15. The van der Waals surface area contributed by atoms with Gasteiger partial charge in [0.05, 0.1) is 11.9 Å². The van der Waals surface area contributed by atoms with Gasteiger partial charge in [-0.1, -0.05) is 22.9 Å². The van der Waals surface area contributed by atoms with Crippen LogP contribution in [0.25, 0.3) is 0 Å². The average molecular weight is 325 g/mol. The van der Waals surface area contributed by atoms with Crippen LogP contribution in [0.2, 0.25) is 0 Å². The summed E-state index contributed by atoms with van der Waals surface area (Å²) in [4.78, 5) is 4.21. The summed E-state index contributed by atoms with van der Waals surface area (Å²) in [6, 6.07) is 8.07. The predicted molar refractivity (Wildman–Crippen MR) is 75.6 cm³/mol. The van der Waals surface area contributed by atoms with Crippen LogP contribution < -0.4 is 10.5 Å². The molecule has 0 saturated carbocycles. The third kappa shape index (κ3) is 3.52. The van der Waals surface area contributed by atoms with Gasteiger partial charge in [-0.05, 0) is 36.8 Å². The van der Waals surface area contributed by atoms with Crippen molar-refractivity contribution in [3.8, 4) is 11.5 Å². The van der Waals surface area contributed by atoms with Crippen molar-refractivity contribution < 1.29 is 9.13 Å². The first kappa shape index (κ1) is 14.0. The summed E-state index contributed by atoms with van der Waals surface area (Å²) in [5.74, 6) is 0.217. The minimum atomic E-state index is -0.427. The van der Waals surface area contributed by atoms with Gasteiger partial charge < -0.3 is 10.5 Å².